The van der Waals surface area contributed by atoms with Crippen molar-refractivity contribution >= 4 is 11.7 Å². The average Bonchev–Trinajstić information content (AvgIpc) is 2.89. The molecular weight excluding hydrogens is 354 g/mol. The molecule has 0 spiro atoms. The summed E-state index contributed by atoms with van der Waals surface area (Å²) in [7, 11) is 0. The Labute approximate surface area is 164 Å². The van der Waals surface area contributed by atoms with Crippen molar-refractivity contribution in [3.8, 4) is 5.75 Å². The minimum atomic E-state index is -0.255. The molecule has 2 aliphatic rings. The molecule has 1 saturated carbocycles. The number of hydroxylamine groups is 2. The van der Waals surface area contributed by atoms with Crippen LogP contribution in [0, 0.1) is 0 Å². The quantitative estimate of drug-likeness (QED) is 0.636. The number of fused-ring (bicyclic) bond motifs is 2. The van der Waals surface area contributed by atoms with Crippen LogP contribution in [0.1, 0.15) is 65.6 Å². The Morgan fingerprint density at radius 2 is 1.86 bits per heavy atom. The van der Waals surface area contributed by atoms with E-state index in [-0.39, 0.29) is 24.2 Å². The summed E-state index contributed by atoms with van der Waals surface area (Å²) in [4.78, 5) is 25.3. The molecule has 1 amide bonds. The third kappa shape index (κ3) is 3.80. The maximum atomic E-state index is 12.9. The maximum Gasteiger partial charge on any atom is 0.246 e. The largest absolute Gasteiger partial charge is 0.488 e. The molecule has 1 aliphatic heterocycles. The number of ketones is 1. The summed E-state index contributed by atoms with van der Waals surface area (Å²) in [5.74, 6) is 0.263. The molecule has 4 rings (SSSR count). The summed E-state index contributed by atoms with van der Waals surface area (Å²) < 4.78 is 5.81. The van der Waals surface area contributed by atoms with E-state index in [2.05, 4.69) is 0 Å². The van der Waals surface area contributed by atoms with Gasteiger partial charge in [0.25, 0.3) is 0 Å². The van der Waals surface area contributed by atoms with Gasteiger partial charge in [-0.05, 0) is 37.0 Å². The SMILES string of the molecule is O=C1c2ccccc2COc2ccc(CCC(=O)N(O)C3CCCCC3)cc21. The second kappa shape index (κ2) is 8.15. The standard InChI is InChI=1S/C23H25NO4/c25-22(24(27)18-7-2-1-3-8-18)13-11-16-10-12-21-20(14-16)23(26)19-9-5-4-6-17(19)15-28-21/h4-6,9-10,12,14,18,27H,1-3,7-8,11,13,15H2. The van der Waals surface area contributed by atoms with E-state index in [0.29, 0.717) is 29.9 Å². The van der Waals surface area contributed by atoms with E-state index in [4.69, 9.17) is 4.74 Å². The first-order valence-corrected chi connectivity index (χ1v) is 10.0. The van der Waals surface area contributed by atoms with E-state index in [1.165, 1.54) is 6.42 Å². The summed E-state index contributed by atoms with van der Waals surface area (Å²) in [6, 6.07) is 12.9. The Balaban J connectivity index is 1.46. The maximum absolute atomic E-state index is 12.9. The highest BCUT2D eigenvalue weighted by Gasteiger charge is 2.25. The minimum absolute atomic E-state index is 0.0535. The number of rotatable bonds is 4. The van der Waals surface area contributed by atoms with E-state index >= 15 is 0 Å². The van der Waals surface area contributed by atoms with Crippen LogP contribution in [-0.4, -0.2) is 28.0 Å². The van der Waals surface area contributed by atoms with Gasteiger partial charge in [0, 0.05) is 17.5 Å². The minimum Gasteiger partial charge on any atom is -0.488 e. The number of ether oxygens (including phenoxy) is 1. The molecule has 2 aromatic rings. The number of carbonyl (C=O) groups excluding carboxylic acids is 2. The van der Waals surface area contributed by atoms with Crippen molar-refractivity contribution in [1.82, 2.24) is 5.06 Å². The lowest BCUT2D eigenvalue weighted by Crippen LogP contribution is -2.38. The predicted molar refractivity (Wildman–Crippen MR) is 104 cm³/mol. The van der Waals surface area contributed by atoms with Gasteiger partial charge in [-0.15, -0.1) is 0 Å². The molecule has 1 aliphatic carbocycles. The Hall–Kier alpha value is -2.66. The topological polar surface area (TPSA) is 66.8 Å². The van der Waals surface area contributed by atoms with E-state index in [1.807, 2.05) is 36.4 Å². The second-order valence-corrected chi connectivity index (χ2v) is 7.64. The molecule has 0 atom stereocenters. The molecule has 28 heavy (non-hydrogen) atoms. The van der Waals surface area contributed by atoms with Crippen molar-refractivity contribution in [1.29, 1.82) is 0 Å². The van der Waals surface area contributed by atoms with E-state index in [9.17, 15) is 14.8 Å². The second-order valence-electron chi connectivity index (χ2n) is 7.64. The van der Waals surface area contributed by atoms with E-state index in [0.717, 1.165) is 41.9 Å². The van der Waals surface area contributed by atoms with Crippen molar-refractivity contribution in [2.45, 2.75) is 57.6 Å². The summed E-state index contributed by atoms with van der Waals surface area (Å²) >= 11 is 0. The summed E-state index contributed by atoms with van der Waals surface area (Å²) in [5.41, 5.74) is 2.96. The molecule has 5 heteroatoms. The predicted octanol–water partition coefficient (Wildman–Crippen LogP) is 4.29. The van der Waals surface area contributed by atoms with Gasteiger partial charge in [0.1, 0.15) is 12.4 Å². The molecular formula is C23H25NO4. The highest BCUT2D eigenvalue weighted by atomic mass is 16.5. The molecule has 2 aromatic carbocycles. The number of aryl methyl sites for hydroxylation is 1. The molecule has 146 valence electrons. The number of amides is 1. The van der Waals surface area contributed by atoms with Crippen molar-refractivity contribution < 1.29 is 19.5 Å². The summed E-state index contributed by atoms with van der Waals surface area (Å²) in [6.07, 6.45) is 5.72. The molecule has 1 N–H and O–H groups in total. The van der Waals surface area contributed by atoms with Gasteiger partial charge in [-0.25, -0.2) is 5.06 Å². The van der Waals surface area contributed by atoms with Gasteiger partial charge in [-0.2, -0.15) is 0 Å². The number of carbonyl (C=O) groups is 2. The van der Waals surface area contributed by atoms with Crippen molar-refractivity contribution in [3.05, 3.63) is 64.7 Å². The van der Waals surface area contributed by atoms with Crippen molar-refractivity contribution in [2.75, 3.05) is 0 Å². The lowest BCUT2D eigenvalue weighted by atomic mass is 9.94. The van der Waals surface area contributed by atoms with Crippen LogP contribution in [-0.2, 0) is 17.8 Å². The fraction of sp³-hybridized carbons (Fsp3) is 0.391. The molecule has 0 radical (unpaired) electrons. The summed E-state index contributed by atoms with van der Waals surface area (Å²) in [6.45, 7) is 0.369. The number of benzene rings is 2. The monoisotopic (exact) mass is 379 g/mol. The van der Waals surface area contributed by atoms with Gasteiger partial charge in [-0.1, -0.05) is 49.6 Å². The van der Waals surface area contributed by atoms with Crippen LogP contribution in [0.2, 0.25) is 0 Å². The molecule has 5 nitrogen and oxygen atoms in total. The van der Waals surface area contributed by atoms with E-state index < -0.39 is 0 Å². The van der Waals surface area contributed by atoms with Gasteiger partial charge in [0.05, 0.1) is 11.6 Å². The first kappa shape index (κ1) is 18.7. The zero-order valence-corrected chi connectivity index (χ0v) is 15.9. The van der Waals surface area contributed by atoms with Crippen LogP contribution >= 0.6 is 0 Å². The van der Waals surface area contributed by atoms with Gasteiger partial charge in [-0.3, -0.25) is 14.8 Å². The molecule has 0 bridgehead atoms. The van der Waals surface area contributed by atoms with Crippen LogP contribution in [0.15, 0.2) is 42.5 Å². The highest BCUT2D eigenvalue weighted by Crippen LogP contribution is 2.30. The zero-order valence-electron chi connectivity index (χ0n) is 15.9. The first-order chi connectivity index (χ1) is 13.6. The van der Waals surface area contributed by atoms with Crippen molar-refractivity contribution in [2.24, 2.45) is 0 Å². The van der Waals surface area contributed by atoms with Crippen LogP contribution in [0.25, 0.3) is 0 Å². The Morgan fingerprint density at radius 1 is 1.07 bits per heavy atom. The molecule has 0 unspecified atom stereocenters. The lowest BCUT2D eigenvalue weighted by molar-refractivity contribution is -0.178. The van der Waals surface area contributed by atoms with Gasteiger partial charge < -0.3 is 4.74 Å². The fourth-order valence-electron chi connectivity index (χ4n) is 4.10. The van der Waals surface area contributed by atoms with E-state index in [1.54, 1.807) is 6.07 Å². The van der Waals surface area contributed by atoms with Crippen LogP contribution in [0.4, 0.5) is 0 Å². The Morgan fingerprint density at radius 3 is 2.68 bits per heavy atom. The molecule has 1 heterocycles. The number of nitrogens with zero attached hydrogens (tertiary/aromatic N) is 1. The summed E-state index contributed by atoms with van der Waals surface area (Å²) in [5, 5.41) is 11.1. The highest BCUT2D eigenvalue weighted by molar-refractivity contribution is 6.12. The van der Waals surface area contributed by atoms with Crippen LogP contribution in [0.3, 0.4) is 0 Å². The Bertz CT molecular complexity index is 886. The third-order valence-electron chi connectivity index (χ3n) is 5.74. The van der Waals surface area contributed by atoms with Crippen molar-refractivity contribution in [3.63, 3.8) is 0 Å². The van der Waals surface area contributed by atoms with Gasteiger partial charge >= 0.3 is 0 Å². The first-order valence-electron chi connectivity index (χ1n) is 10.0. The zero-order chi connectivity index (χ0) is 19.5. The number of hydrogen-bond donors (Lipinski definition) is 1. The Kier molecular flexibility index (Phi) is 5.44. The molecule has 0 saturated heterocycles. The van der Waals surface area contributed by atoms with Crippen LogP contribution < -0.4 is 4.74 Å². The third-order valence-corrected chi connectivity index (χ3v) is 5.74. The van der Waals surface area contributed by atoms with Crippen LogP contribution in [0.5, 0.6) is 5.75 Å². The molecule has 0 aromatic heterocycles. The van der Waals surface area contributed by atoms with Gasteiger partial charge in [0.15, 0.2) is 5.78 Å². The average molecular weight is 379 g/mol. The number of hydrogen-bond acceptors (Lipinski definition) is 4. The molecule has 1 fully saturated rings. The lowest BCUT2D eigenvalue weighted by Gasteiger charge is -2.29. The van der Waals surface area contributed by atoms with Gasteiger partial charge in [0.2, 0.25) is 5.91 Å². The normalized spacial score (nSPS) is 16.5. The fourth-order valence-corrected chi connectivity index (χ4v) is 4.10. The smallest absolute Gasteiger partial charge is 0.246 e.